The number of hydrazone groups is 1. The van der Waals surface area contributed by atoms with Crippen LogP contribution in [0.2, 0.25) is 0 Å². The molecule has 3 aromatic carbocycles. The monoisotopic (exact) mass is 493 g/mol. The second-order valence-corrected chi connectivity index (χ2v) is 8.97. The summed E-state index contributed by atoms with van der Waals surface area (Å²) in [4.78, 5) is 12.4. The van der Waals surface area contributed by atoms with Crippen LogP contribution in [-0.2, 0) is 21.0 Å². The van der Waals surface area contributed by atoms with Gasteiger partial charge in [-0.05, 0) is 55.0 Å². The summed E-state index contributed by atoms with van der Waals surface area (Å²) in [6.45, 7) is 0.706. The number of anilines is 1. The van der Waals surface area contributed by atoms with Crippen molar-refractivity contribution in [3.8, 4) is 0 Å². The van der Waals surface area contributed by atoms with Crippen LogP contribution in [0.3, 0.4) is 0 Å². The van der Waals surface area contributed by atoms with Gasteiger partial charge in [0.1, 0.15) is 12.4 Å². The van der Waals surface area contributed by atoms with E-state index in [1.54, 1.807) is 13.0 Å². The molecule has 3 rings (SSSR count). The summed E-state index contributed by atoms with van der Waals surface area (Å²) in [6.07, 6.45) is -4.71. The second kappa shape index (κ2) is 10.0. The lowest BCUT2D eigenvalue weighted by Gasteiger charge is -2.24. The van der Waals surface area contributed by atoms with Crippen molar-refractivity contribution in [1.29, 1.82) is 0 Å². The molecule has 0 aliphatic carbocycles. The van der Waals surface area contributed by atoms with E-state index in [9.17, 15) is 30.8 Å². The van der Waals surface area contributed by atoms with Crippen LogP contribution in [0.5, 0.6) is 0 Å². The number of benzene rings is 3. The van der Waals surface area contributed by atoms with Crippen LogP contribution in [0.25, 0.3) is 0 Å². The Labute approximate surface area is 193 Å². The van der Waals surface area contributed by atoms with Crippen LogP contribution in [-0.4, -0.2) is 26.6 Å². The number of hydrogen-bond donors (Lipinski definition) is 1. The zero-order chi connectivity index (χ0) is 24.9. The molecule has 34 heavy (non-hydrogen) atoms. The molecule has 0 heterocycles. The van der Waals surface area contributed by atoms with Gasteiger partial charge in [0.25, 0.3) is 15.9 Å². The van der Waals surface area contributed by atoms with Crippen LogP contribution in [0.15, 0.2) is 88.9 Å². The predicted octanol–water partition coefficient (Wildman–Crippen LogP) is 4.58. The van der Waals surface area contributed by atoms with Gasteiger partial charge < -0.3 is 0 Å². The lowest BCUT2D eigenvalue weighted by atomic mass is 10.1. The SMILES string of the molecule is C/C(=N/NC(=O)CN(c1cccc(C(F)(F)F)c1)S(=O)(=O)c1ccccc1)c1ccc(F)cc1. The number of nitrogens with zero attached hydrogens (tertiary/aromatic N) is 2. The van der Waals surface area contributed by atoms with Gasteiger partial charge in [0, 0.05) is 0 Å². The van der Waals surface area contributed by atoms with Crippen molar-refractivity contribution in [2.24, 2.45) is 5.10 Å². The van der Waals surface area contributed by atoms with E-state index >= 15 is 0 Å². The number of halogens is 4. The van der Waals surface area contributed by atoms with Gasteiger partial charge in [0.2, 0.25) is 0 Å². The first kappa shape index (κ1) is 24.9. The van der Waals surface area contributed by atoms with Gasteiger partial charge in [-0.15, -0.1) is 0 Å². The van der Waals surface area contributed by atoms with E-state index < -0.39 is 40.0 Å². The Kier molecular flexibility index (Phi) is 7.35. The molecule has 1 amide bonds. The average Bonchev–Trinajstić information content (AvgIpc) is 2.81. The molecule has 3 aromatic rings. The molecule has 6 nitrogen and oxygen atoms in total. The summed E-state index contributed by atoms with van der Waals surface area (Å²) in [5.74, 6) is -1.35. The third kappa shape index (κ3) is 5.98. The Balaban J connectivity index is 1.92. The lowest BCUT2D eigenvalue weighted by Crippen LogP contribution is -2.39. The van der Waals surface area contributed by atoms with Crippen molar-refractivity contribution in [2.75, 3.05) is 10.8 Å². The summed E-state index contributed by atoms with van der Waals surface area (Å²) in [7, 11) is -4.39. The van der Waals surface area contributed by atoms with Crippen molar-refractivity contribution in [3.05, 3.63) is 95.8 Å². The maximum Gasteiger partial charge on any atom is 0.416 e. The molecule has 0 spiro atoms. The van der Waals surface area contributed by atoms with Crippen molar-refractivity contribution in [2.45, 2.75) is 18.0 Å². The van der Waals surface area contributed by atoms with Crippen molar-refractivity contribution in [3.63, 3.8) is 0 Å². The minimum Gasteiger partial charge on any atom is -0.271 e. The third-order valence-electron chi connectivity index (χ3n) is 4.69. The highest BCUT2D eigenvalue weighted by molar-refractivity contribution is 7.92. The highest BCUT2D eigenvalue weighted by Crippen LogP contribution is 2.33. The predicted molar refractivity (Wildman–Crippen MR) is 119 cm³/mol. The van der Waals surface area contributed by atoms with Gasteiger partial charge in [-0.25, -0.2) is 18.2 Å². The molecule has 0 saturated carbocycles. The molecule has 11 heteroatoms. The molecule has 0 aliphatic heterocycles. The van der Waals surface area contributed by atoms with Crippen LogP contribution < -0.4 is 9.73 Å². The van der Waals surface area contributed by atoms with Crippen LogP contribution in [0, 0.1) is 5.82 Å². The van der Waals surface area contributed by atoms with E-state index in [-0.39, 0.29) is 10.6 Å². The third-order valence-corrected chi connectivity index (χ3v) is 6.48. The standard InChI is InChI=1S/C23H19F4N3O3S/c1-16(17-10-12-19(24)13-11-17)28-29-22(31)15-30(34(32,33)21-8-3-2-4-9-21)20-7-5-6-18(14-20)23(25,26)27/h2-14H,15H2,1H3,(H,29,31)/b28-16-. The maximum atomic E-state index is 13.2. The summed E-state index contributed by atoms with van der Waals surface area (Å²) in [5, 5.41) is 3.88. The fourth-order valence-electron chi connectivity index (χ4n) is 2.94. The molecule has 0 atom stereocenters. The smallest absolute Gasteiger partial charge is 0.271 e. The van der Waals surface area contributed by atoms with E-state index in [4.69, 9.17) is 0 Å². The first-order chi connectivity index (χ1) is 16.0. The number of rotatable bonds is 7. The molecule has 0 aliphatic rings. The van der Waals surface area contributed by atoms with Gasteiger partial charge in [0.05, 0.1) is 21.9 Å². The van der Waals surface area contributed by atoms with E-state index in [1.807, 2.05) is 0 Å². The van der Waals surface area contributed by atoms with E-state index in [2.05, 4.69) is 10.5 Å². The second-order valence-electron chi connectivity index (χ2n) is 7.11. The van der Waals surface area contributed by atoms with Gasteiger partial charge in [-0.3, -0.25) is 9.10 Å². The molecule has 0 bridgehead atoms. The highest BCUT2D eigenvalue weighted by atomic mass is 32.2. The number of alkyl halides is 3. The number of carbonyl (C=O) groups excluding carboxylic acids is 1. The number of hydrogen-bond acceptors (Lipinski definition) is 4. The maximum absolute atomic E-state index is 13.2. The number of sulfonamides is 1. The van der Waals surface area contributed by atoms with Crippen molar-refractivity contribution in [1.82, 2.24) is 5.43 Å². The zero-order valence-electron chi connectivity index (χ0n) is 17.8. The van der Waals surface area contributed by atoms with Gasteiger partial charge >= 0.3 is 6.18 Å². The Morgan fingerprint density at radius 2 is 1.62 bits per heavy atom. The fraction of sp³-hybridized carbons (Fsp3) is 0.130. The first-order valence-electron chi connectivity index (χ1n) is 9.82. The van der Waals surface area contributed by atoms with Gasteiger partial charge in [-0.1, -0.05) is 36.4 Å². The Morgan fingerprint density at radius 1 is 0.971 bits per heavy atom. The first-order valence-corrected chi connectivity index (χ1v) is 11.3. The average molecular weight is 493 g/mol. The molecule has 0 unspecified atom stereocenters. The largest absolute Gasteiger partial charge is 0.416 e. The minimum absolute atomic E-state index is 0.203. The molecular weight excluding hydrogens is 474 g/mol. The van der Waals surface area contributed by atoms with E-state index in [0.29, 0.717) is 21.6 Å². The molecule has 178 valence electrons. The Morgan fingerprint density at radius 3 is 2.24 bits per heavy atom. The van der Waals surface area contributed by atoms with Crippen molar-refractivity contribution >= 4 is 27.3 Å². The summed E-state index contributed by atoms with van der Waals surface area (Å²) < 4.78 is 79.7. The Bertz CT molecular complexity index is 1290. The van der Waals surface area contributed by atoms with Crippen LogP contribution >= 0.6 is 0 Å². The molecular formula is C23H19F4N3O3S. The molecule has 0 radical (unpaired) electrons. The van der Waals surface area contributed by atoms with Gasteiger partial charge in [-0.2, -0.15) is 18.3 Å². The van der Waals surface area contributed by atoms with Gasteiger partial charge in [0.15, 0.2) is 0 Å². The molecule has 1 N–H and O–H groups in total. The number of nitrogens with one attached hydrogen (secondary N) is 1. The fourth-order valence-corrected chi connectivity index (χ4v) is 4.37. The van der Waals surface area contributed by atoms with Crippen molar-refractivity contribution < 1.29 is 30.8 Å². The molecule has 0 saturated heterocycles. The van der Waals surface area contributed by atoms with E-state index in [1.165, 1.54) is 48.5 Å². The summed E-state index contributed by atoms with van der Waals surface area (Å²) >= 11 is 0. The van der Waals surface area contributed by atoms with E-state index in [0.717, 1.165) is 18.2 Å². The number of carbonyl (C=O) groups is 1. The molecule has 0 fully saturated rings. The highest BCUT2D eigenvalue weighted by Gasteiger charge is 2.33. The number of amides is 1. The van der Waals surface area contributed by atoms with Crippen LogP contribution in [0.1, 0.15) is 18.1 Å². The topological polar surface area (TPSA) is 78.8 Å². The lowest BCUT2D eigenvalue weighted by molar-refractivity contribution is -0.137. The van der Waals surface area contributed by atoms with Crippen LogP contribution in [0.4, 0.5) is 23.2 Å². The zero-order valence-corrected chi connectivity index (χ0v) is 18.6. The normalized spacial score (nSPS) is 12.3. The quantitative estimate of drug-likeness (QED) is 0.297. The minimum atomic E-state index is -4.71. The molecule has 0 aromatic heterocycles. The summed E-state index contributed by atoms with van der Waals surface area (Å²) in [5.41, 5.74) is 1.60. The summed E-state index contributed by atoms with van der Waals surface area (Å²) in [6, 6.07) is 16.0. The Hall–Kier alpha value is -3.73.